The molecule has 1 atom stereocenters. The van der Waals surface area contributed by atoms with Gasteiger partial charge in [0.2, 0.25) is 0 Å². The zero-order valence-corrected chi connectivity index (χ0v) is 13.9. The standard InChI is InChI=1S/C15H17F3N4O.ClH/c1-10(19-2)9-20-14(23)11-4-3-5-12(8-11)22-13(6-7-21-22)15(16,17)18;/h3-8,10,19H,9H2,1-2H3,(H,20,23);1H. The molecule has 1 aromatic heterocycles. The van der Waals surface area contributed by atoms with Crippen LogP contribution in [-0.4, -0.2) is 35.3 Å². The summed E-state index contributed by atoms with van der Waals surface area (Å²) in [7, 11) is 1.77. The number of nitrogens with zero attached hydrogens (tertiary/aromatic N) is 2. The normalized spacial score (nSPS) is 12.4. The predicted octanol–water partition coefficient (Wildman–Crippen LogP) is 2.65. The third-order valence-electron chi connectivity index (χ3n) is 3.35. The third-order valence-corrected chi connectivity index (χ3v) is 3.35. The summed E-state index contributed by atoms with van der Waals surface area (Å²) in [4.78, 5) is 12.1. The molecule has 0 radical (unpaired) electrons. The molecule has 0 bridgehead atoms. The van der Waals surface area contributed by atoms with Crippen LogP contribution in [0.1, 0.15) is 23.0 Å². The molecule has 0 aliphatic heterocycles. The van der Waals surface area contributed by atoms with Crippen LogP contribution in [0.15, 0.2) is 36.5 Å². The number of halogens is 4. The largest absolute Gasteiger partial charge is 0.433 e. The number of amides is 1. The lowest BCUT2D eigenvalue weighted by Crippen LogP contribution is -2.37. The maximum atomic E-state index is 12.9. The highest BCUT2D eigenvalue weighted by atomic mass is 35.5. The molecule has 24 heavy (non-hydrogen) atoms. The lowest BCUT2D eigenvalue weighted by molar-refractivity contribution is -0.142. The summed E-state index contributed by atoms with van der Waals surface area (Å²) in [6.07, 6.45) is -3.44. The minimum absolute atomic E-state index is 0. The lowest BCUT2D eigenvalue weighted by Gasteiger charge is -2.13. The van der Waals surface area contributed by atoms with Crippen LogP contribution in [-0.2, 0) is 6.18 Å². The summed E-state index contributed by atoms with van der Waals surface area (Å²) in [5.74, 6) is -0.352. The molecule has 0 aliphatic carbocycles. The zero-order valence-electron chi connectivity index (χ0n) is 13.1. The summed E-state index contributed by atoms with van der Waals surface area (Å²) in [6.45, 7) is 2.31. The van der Waals surface area contributed by atoms with Gasteiger partial charge in [0.05, 0.1) is 11.9 Å². The number of likely N-dealkylation sites (N-methyl/N-ethyl adjacent to an activating group) is 1. The van der Waals surface area contributed by atoms with Crippen LogP contribution in [0.2, 0.25) is 0 Å². The number of aromatic nitrogens is 2. The van der Waals surface area contributed by atoms with Crippen molar-refractivity contribution in [1.29, 1.82) is 0 Å². The summed E-state index contributed by atoms with van der Waals surface area (Å²) in [6, 6.07) is 6.89. The highest BCUT2D eigenvalue weighted by Gasteiger charge is 2.35. The van der Waals surface area contributed by atoms with E-state index in [1.54, 1.807) is 13.1 Å². The number of hydrogen-bond acceptors (Lipinski definition) is 3. The van der Waals surface area contributed by atoms with Crippen molar-refractivity contribution in [1.82, 2.24) is 20.4 Å². The summed E-state index contributed by atoms with van der Waals surface area (Å²) in [5, 5.41) is 9.39. The van der Waals surface area contributed by atoms with Gasteiger partial charge in [-0.05, 0) is 38.2 Å². The molecular weight excluding hydrogens is 345 g/mol. The van der Waals surface area contributed by atoms with Gasteiger partial charge in [0.25, 0.3) is 5.91 Å². The first-order valence-corrected chi connectivity index (χ1v) is 7.00. The SMILES string of the molecule is CNC(C)CNC(=O)c1cccc(-n2nccc2C(F)(F)F)c1.Cl. The van der Waals surface area contributed by atoms with Crippen LogP contribution in [0.3, 0.4) is 0 Å². The molecule has 0 spiro atoms. The second-order valence-corrected chi connectivity index (χ2v) is 5.08. The zero-order chi connectivity index (χ0) is 17.0. The van der Waals surface area contributed by atoms with E-state index in [0.29, 0.717) is 6.54 Å². The molecule has 2 rings (SSSR count). The van der Waals surface area contributed by atoms with E-state index in [1.807, 2.05) is 6.92 Å². The smallest absolute Gasteiger partial charge is 0.350 e. The van der Waals surface area contributed by atoms with E-state index in [4.69, 9.17) is 0 Å². The van der Waals surface area contributed by atoms with Crippen molar-refractivity contribution in [2.75, 3.05) is 13.6 Å². The fraction of sp³-hybridized carbons (Fsp3) is 0.333. The fourth-order valence-corrected chi connectivity index (χ4v) is 1.95. The van der Waals surface area contributed by atoms with E-state index >= 15 is 0 Å². The molecule has 1 unspecified atom stereocenters. The van der Waals surface area contributed by atoms with Crippen LogP contribution in [0, 0.1) is 0 Å². The number of carbonyl (C=O) groups excluding carboxylic acids is 1. The highest BCUT2D eigenvalue weighted by molar-refractivity contribution is 5.94. The van der Waals surface area contributed by atoms with Crippen molar-refractivity contribution >= 4 is 18.3 Å². The Balaban J connectivity index is 0.00000288. The van der Waals surface area contributed by atoms with Crippen molar-refractivity contribution < 1.29 is 18.0 Å². The second kappa shape index (κ2) is 8.16. The van der Waals surface area contributed by atoms with Gasteiger partial charge >= 0.3 is 6.18 Å². The van der Waals surface area contributed by atoms with Crippen LogP contribution < -0.4 is 10.6 Å². The van der Waals surface area contributed by atoms with Crippen LogP contribution >= 0.6 is 12.4 Å². The van der Waals surface area contributed by atoms with Gasteiger partial charge < -0.3 is 10.6 Å². The first-order chi connectivity index (χ1) is 10.8. The third kappa shape index (κ3) is 4.72. The van der Waals surface area contributed by atoms with E-state index in [1.165, 1.54) is 18.2 Å². The second-order valence-electron chi connectivity index (χ2n) is 5.08. The molecule has 2 N–H and O–H groups in total. The van der Waals surface area contributed by atoms with Crippen molar-refractivity contribution in [3.8, 4) is 5.69 Å². The van der Waals surface area contributed by atoms with Gasteiger partial charge in [-0.2, -0.15) is 18.3 Å². The van der Waals surface area contributed by atoms with E-state index < -0.39 is 11.9 Å². The average molecular weight is 363 g/mol. The molecule has 132 valence electrons. The Morgan fingerprint density at radius 1 is 1.33 bits per heavy atom. The molecule has 0 saturated heterocycles. The van der Waals surface area contributed by atoms with Gasteiger partial charge in [0.15, 0.2) is 0 Å². The molecule has 0 saturated carbocycles. The van der Waals surface area contributed by atoms with E-state index in [2.05, 4.69) is 15.7 Å². The summed E-state index contributed by atoms with van der Waals surface area (Å²) >= 11 is 0. The predicted molar refractivity (Wildman–Crippen MR) is 86.7 cm³/mol. The molecule has 1 heterocycles. The van der Waals surface area contributed by atoms with Crippen molar-refractivity contribution in [3.05, 3.63) is 47.8 Å². The minimum atomic E-state index is -4.52. The lowest BCUT2D eigenvalue weighted by atomic mass is 10.2. The molecule has 1 amide bonds. The molecule has 1 aromatic carbocycles. The number of nitrogens with one attached hydrogen (secondary N) is 2. The Kier molecular flexibility index (Phi) is 6.80. The van der Waals surface area contributed by atoms with Gasteiger partial charge in [0, 0.05) is 18.2 Å². The average Bonchev–Trinajstić information content (AvgIpc) is 3.02. The van der Waals surface area contributed by atoms with Crippen molar-refractivity contribution in [2.24, 2.45) is 0 Å². The number of benzene rings is 1. The molecule has 2 aromatic rings. The van der Waals surface area contributed by atoms with E-state index in [-0.39, 0.29) is 35.6 Å². The molecule has 0 aliphatic rings. The van der Waals surface area contributed by atoms with Gasteiger partial charge in [0.1, 0.15) is 5.69 Å². The van der Waals surface area contributed by atoms with Crippen LogP contribution in [0.5, 0.6) is 0 Å². The number of alkyl halides is 3. The molecule has 0 fully saturated rings. The van der Waals surface area contributed by atoms with E-state index in [0.717, 1.165) is 16.9 Å². The monoisotopic (exact) mass is 362 g/mol. The van der Waals surface area contributed by atoms with Crippen LogP contribution in [0.4, 0.5) is 13.2 Å². The van der Waals surface area contributed by atoms with Gasteiger partial charge in [-0.1, -0.05) is 6.07 Å². The molecule has 9 heteroatoms. The van der Waals surface area contributed by atoms with Gasteiger partial charge in [-0.15, -0.1) is 12.4 Å². The Hall–Kier alpha value is -2.06. The Morgan fingerprint density at radius 2 is 2.04 bits per heavy atom. The summed E-state index contributed by atoms with van der Waals surface area (Å²) in [5.41, 5.74) is -0.440. The Morgan fingerprint density at radius 3 is 2.67 bits per heavy atom. The van der Waals surface area contributed by atoms with Crippen LogP contribution in [0.25, 0.3) is 5.69 Å². The molecule has 5 nitrogen and oxygen atoms in total. The number of hydrogen-bond donors (Lipinski definition) is 2. The van der Waals surface area contributed by atoms with Crippen molar-refractivity contribution in [3.63, 3.8) is 0 Å². The fourth-order valence-electron chi connectivity index (χ4n) is 1.95. The Bertz CT molecular complexity index is 687. The van der Waals surface area contributed by atoms with E-state index in [9.17, 15) is 18.0 Å². The maximum Gasteiger partial charge on any atom is 0.433 e. The minimum Gasteiger partial charge on any atom is -0.350 e. The quantitative estimate of drug-likeness (QED) is 0.859. The maximum absolute atomic E-state index is 12.9. The first kappa shape index (κ1) is 20.0. The summed E-state index contributed by atoms with van der Waals surface area (Å²) < 4.78 is 39.6. The highest BCUT2D eigenvalue weighted by Crippen LogP contribution is 2.30. The van der Waals surface area contributed by atoms with Gasteiger partial charge in [-0.25, -0.2) is 4.68 Å². The number of carbonyl (C=O) groups is 1. The topological polar surface area (TPSA) is 58.9 Å². The number of rotatable bonds is 5. The Labute approximate surface area is 143 Å². The first-order valence-electron chi connectivity index (χ1n) is 7.00. The molecular formula is C15H18ClF3N4O. The van der Waals surface area contributed by atoms with Gasteiger partial charge in [-0.3, -0.25) is 4.79 Å². The van der Waals surface area contributed by atoms with Crippen molar-refractivity contribution in [2.45, 2.75) is 19.1 Å².